The fourth-order valence-corrected chi connectivity index (χ4v) is 5.01. The van der Waals surface area contributed by atoms with E-state index in [0.29, 0.717) is 5.82 Å². The van der Waals surface area contributed by atoms with Gasteiger partial charge in [-0.25, -0.2) is 0 Å². The number of hydrogen-bond donors (Lipinski definition) is 0. The molecule has 0 atom stereocenters. The second kappa shape index (κ2) is 10.9. The lowest BCUT2D eigenvalue weighted by Crippen LogP contribution is -2.43. The molecule has 0 unspecified atom stereocenters. The summed E-state index contributed by atoms with van der Waals surface area (Å²) in [5.74, 6) is 0.656. The van der Waals surface area contributed by atoms with Gasteiger partial charge in [-0.15, -0.1) is 0 Å². The summed E-state index contributed by atoms with van der Waals surface area (Å²) >= 11 is 0. The van der Waals surface area contributed by atoms with E-state index in [1.165, 1.54) is 16.7 Å². The van der Waals surface area contributed by atoms with Crippen LogP contribution < -0.4 is 4.80 Å². The monoisotopic (exact) mass is 527 g/mol. The van der Waals surface area contributed by atoms with Crippen molar-refractivity contribution in [1.29, 1.82) is 0 Å². The van der Waals surface area contributed by atoms with Crippen LogP contribution in [-0.2, 0) is 0 Å². The summed E-state index contributed by atoms with van der Waals surface area (Å²) in [6.45, 7) is 0. The maximum atomic E-state index is 4.98. The SMILES string of the molecule is c1ccc(-c2ccc(-c3nn(-c4ccc(-c5ccccc5)cc4)[n+](-c4ccc(-c5ccccc5)cc4)n3)cc2)cc1. The zero-order valence-corrected chi connectivity index (χ0v) is 22.4. The van der Waals surface area contributed by atoms with Crippen molar-refractivity contribution in [3.05, 3.63) is 164 Å². The fourth-order valence-electron chi connectivity index (χ4n) is 5.01. The average Bonchev–Trinajstić information content (AvgIpc) is 3.52. The third kappa shape index (κ3) is 5.07. The van der Waals surface area contributed by atoms with Crippen molar-refractivity contribution in [1.82, 2.24) is 15.0 Å². The van der Waals surface area contributed by atoms with Crippen LogP contribution in [0.5, 0.6) is 0 Å². The normalized spacial score (nSPS) is 10.9. The van der Waals surface area contributed by atoms with E-state index >= 15 is 0 Å². The molecule has 0 bridgehead atoms. The Hall–Kier alpha value is -5.61. The van der Waals surface area contributed by atoms with E-state index in [2.05, 4.69) is 146 Å². The molecule has 41 heavy (non-hydrogen) atoms. The molecule has 7 aromatic rings. The van der Waals surface area contributed by atoms with Crippen LogP contribution in [-0.4, -0.2) is 15.0 Å². The first-order valence-corrected chi connectivity index (χ1v) is 13.7. The van der Waals surface area contributed by atoms with Crippen molar-refractivity contribution in [2.24, 2.45) is 0 Å². The summed E-state index contributed by atoms with van der Waals surface area (Å²) in [6.07, 6.45) is 0. The Labute approximate surface area is 239 Å². The third-order valence-electron chi connectivity index (χ3n) is 7.22. The molecule has 0 spiro atoms. The molecule has 0 aliphatic rings. The first-order chi connectivity index (χ1) is 20.3. The molecule has 0 saturated carbocycles. The predicted octanol–water partition coefficient (Wildman–Crippen LogP) is 8.21. The number of hydrogen-bond acceptors (Lipinski definition) is 2. The molecule has 1 aromatic heterocycles. The van der Waals surface area contributed by atoms with Crippen molar-refractivity contribution in [3.8, 4) is 56.1 Å². The van der Waals surface area contributed by atoms with E-state index < -0.39 is 0 Å². The van der Waals surface area contributed by atoms with Gasteiger partial charge in [0.1, 0.15) is 5.69 Å². The molecule has 1 heterocycles. The van der Waals surface area contributed by atoms with Crippen LogP contribution in [0.3, 0.4) is 0 Å². The molecule has 0 aliphatic heterocycles. The Kier molecular flexibility index (Phi) is 6.48. The first kappa shape index (κ1) is 24.4. The lowest BCUT2D eigenvalue weighted by molar-refractivity contribution is -0.734. The number of rotatable bonds is 6. The van der Waals surface area contributed by atoms with Crippen molar-refractivity contribution < 1.29 is 4.80 Å². The topological polar surface area (TPSA) is 34.6 Å². The highest BCUT2D eigenvalue weighted by atomic mass is 15.7. The average molecular weight is 528 g/mol. The van der Waals surface area contributed by atoms with Gasteiger partial charge in [-0.2, -0.15) is 0 Å². The van der Waals surface area contributed by atoms with Gasteiger partial charge >= 0.3 is 5.82 Å². The lowest BCUT2D eigenvalue weighted by atomic mass is 10.0. The number of aromatic nitrogens is 4. The highest BCUT2D eigenvalue weighted by Crippen LogP contribution is 2.25. The van der Waals surface area contributed by atoms with Gasteiger partial charge in [0.25, 0.3) is 0 Å². The summed E-state index contributed by atoms with van der Waals surface area (Å²) in [5, 5.41) is 9.96. The summed E-state index contributed by atoms with van der Waals surface area (Å²) in [5.41, 5.74) is 9.84. The van der Waals surface area contributed by atoms with E-state index in [1.807, 2.05) is 27.8 Å². The van der Waals surface area contributed by atoms with Crippen LogP contribution in [0.25, 0.3) is 56.1 Å². The second-order valence-electron chi connectivity index (χ2n) is 9.87. The van der Waals surface area contributed by atoms with Crippen molar-refractivity contribution >= 4 is 0 Å². The van der Waals surface area contributed by atoms with Gasteiger partial charge in [0.05, 0.1) is 10.7 Å². The molecule has 7 rings (SSSR count). The summed E-state index contributed by atoms with van der Waals surface area (Å²) in [6, 6.07) is 56.5. The molecule has 0 aliphatic carbocycles. The Morgan fingerprint density at radius 3 is 1.20 bits per heavy atom. The van der Waals surface area contributed by atoms with E-state index in [9.17, 15) is 0 Å². The molecule has 6 aromatic carbocycles. The second-order valence-corrected chi connectivity index (χ2v) is 9.87. The molecule has 4 nitrogen and oxygen atoms in total. The number of nitrogens with zero attached hydrogens (tertiary/aromatic N) is 4. The molecule has 194 valence electrons. The van der Waals surface area contributed by atoms with Crippen LogP contribution in [0.4, 0.5) is 0 Å². The van der Waals surface area contributed by atoms with Gasteiger partial charge in [-0.3, -0.25) is 0 Å². The maximum absolute atomic E-state index is 4.98. The quantitative estimate of drug-likeness (QED) is 0.204. The van der Waals surface area contributed by atoms with Crippen LogP contribution in [0.15, 0.2) is 164 Å². The van der Waals surface area contributed by atoms with Gasteiger partial charge in [0, 0.05) is 4.80 Å². The van der Waals surface area contributed by atoms with Crippen LogP contribution >= 0.6 is 0 Å². The Morgan fingerprint density at radius 1 is 0.366 bits per heavy atom. The summed E-state index contributed by atoms with van der Waals surface area (Å²) < 4.78 is 0. The fraction of sp³-hybridized carbons (Fsp3) is 0. The van der Waals surface area contributed by atoms with Gasteiger partial charge < -0.3 is 0 Å². The molecule has 0 fully saturated rings. The lowest BCUT2D eigenvalue weighted by Gasteiger charge is -2.04. The molecule has 4 heteroatoms. The third-order valence-corrected chi connectivity index (χ3v) is 7.22. The van der Waals surface area contributed by atoms with Gasteiger partial charge in [-0.1, -0.05) is 115 Å². The molecule has 0 amide bonds. The largest absolute Gasteiger partial charge is 0.340 e. The van der Waals surface area contributed by atoms with Gasteiger partial charge in [0.2, 0.25) is 0 Å². The van der Waals surface area contributed by atoms with E-state index in [0.717, 1.165) is 33.6 Å². The smallest absolute Gasteiger partial charge is 0.0622 e. The first-order valence-electron chi connectivity index (χ1n) is 13.7. The number of benzene rings is 6. The standard InChI is InChI=1S/C37H27N4/c1-4-10-28(11-5-1)31-16-18-34(19-17-31)37-38-40(35-24-20-32(21-25-35)29-12-6-2-7-13-29)41(39-37)36-26-22-33(23-27-36)30-14-8-3-9-15-30/h1-27H/q+1. The number of tetrazole rings is 1. The van der Waals surface area contributed by atoms with Crippen molar-refractivity contribution in [3.63, 3.8) is 0 Å². The zero-order chi connectivity index (χ0) is 27.4. The molecule has 0 radical (unpaired) electrons. The summed E-state index contributed by atoms with van der Waals surface area (Å²) in [7, 11) is 0. The van der Waals surface area contributed by atoms with Gasteiger partial charge in [-0.05, 0) is 91.8 Å². The van der Waals surface area contributed by atoms with Crippen LogP contribution in [0.2, 0.25) is 0 Å². The highest BCUT2D eigenvalue weighted by molar-refractivity contribution is 5.68. The Balaban J connectivity index is 1.28. The minimum Gasteiger partial charge on any atom is -0.0622 e. The highest BCUT2D eigenvalue weighted by Gasteiger charge is 2.23. The Bertz CT molecular complexity index is 1780. The zero-order valence-electron chi connectivity index (χ0n) is 22.4. The molecule has 0 N–H and O–H groups in total. The van der Waals surface area contributed by atoms with E-state index in [-0.39, 0.29) is 0 Å². The van der Waals surface area contributed by atoms with Crippen molar-refractivity contribution in [2.75, 3.05) is 0 Å². The minimum absolute atomic E-state index is 0.656. The van der Waals surface area contributed by atoms with Gasteiger partial charge in [0.15, 0.2) is 5.69 Å². The summed E-state index contributed by atoms with van der Waals surface area (Å²) in [4.78, 5) is 3.74. The molecule has 0 saturated heterocycles. The maximum Gasteiger partial charge on any atom is 0.340 e. The van der Waals surface area contributed by atoms with E-state index in [4.69, 9.17) is 10.2 Å². The van der Waals surface area contributed by atoms with Crippen molar-refractivity contribution in [2.45, 2.75) is 0 Å². The minimum atomic E-state index is 0.656. The molecular weight excluding hydrogens is 500 g/mol. The predicted molar refractivity (Wildman–Crippen MR) is 165 cm³/mol. The molecular formula is C37H27N4+. The van der Waals surface area contributed by atoms with Crippen LogP contribution in [0.1, 0.15) is 0 Å². The van der Waals surface area contributed by atoms with Crippen LogP contribution in [0, 0.1) is 0 Å². The van der Waals surface area contributed by atoms with E-state index in [1.54, 1.807) is 0 Å². The Morgan fingerprint density at radius 2 is 0.732 bits per heavy atom.